The number of hydrogen-bond acceptors (Lipinski definition) is 4. The van der Waals surface area contributed by atoms with Gasteiger partial charge in [-0.1, -0.05) is 18.2 Å². The summed E-state index contributed by atoms with van der Waals surface area (Å²) in [5, 5.41) is 9.85. The molecule has 0 aromatic heterocycles. The first-order chi connectivity index (χ1) is 12.5. The fourth-order valence-corrected chi connectivity index (χ4v) is 4.10. The van der Waals surface area contributed by atoms with Crippen molar-refractivity contribution in [3.05, 3.63) is 35.6 Å². The number of amides is 1. The van der Waals surface area contributed by atoms with E-state index in [-0.39, 0.29) is 17.8 Å². The number of benzene rings is 1. The molecule has 2 heterocycles. The fraction of sp³-hybridized carbons (Fsp3) is 0.650. The van der Waals surface area contributed by atoms with Gasteiger partial charge in [-0.3, -0.25) is 14.6 Å². The molecule has 2 fully saturated rings. The predicted octanol–water partition coefficient (Wildman–Crippen LogP) is 1.71. The average Bonchev–Trinajstić information content (AvgIpc) is 2.64. The maximum atomic E-state index is 13.7. The van der Waals surface area contributed by atoms with E-state index in [1.807, 2.05) is 22.9 Å². The van der Waals surface area contributed by atoms with E-state index in [0.29, 0.717) is 24.7 Å². The lowest BCUT2D eigenvalue weighted by Gasteiger charge is -2.41. The Bertz CT molecular complexity index is 604. The molecule has 1 aromatic carbocycles. The smallest absolute Gasteiger partial charge is 0.236 e. The van der Waals surface area contributed by atoms with Crippen LogP contribution in [0, 0.1) is 5.82 Å². The highest BCUT2D eigenvalue weighted by molar-refractivity contribution is 5.78. The van der Waals surface area contributed by atoms with E-state index in [1.165, 1.54) is 6.07 Å². The summed E-state index contributed by atoms with van der Waals surface area (Å²) < 4.78 is 13.7. The summed E-state index contributed by atoms with van der Waals surface area (Å²) in [5.74, 6) is -0.114. The van der Waals surface area contributed by atoms with Crippen LogP contribution in [-0.2, 0) is 11.3 Å². The van der Waals surface area contributed by atoms with Crippen LogP contribution in [0.1, 0.15) is 31.2 Å². The Morgan fingerprint density at radius 1 is 1.23 bits per heavy atom. The second-order valence-corrected chi connectivity index (χ2v) is 7.67. The van der Waals surface area contributed by atoms with Crippen molar-refractivity contribution in [2.75, 3.05) is 39.8 Å². The highest BCUT2D eigenvalue weighted by Crippen LogP contribution is 2.21. The lowest BCUT2D eigenvalue weighted by atomic mass is 9.99. The predicted molar refractivity (Wildman–Crippen MR) is 99.1 cm³/mol. The minimum absolute atomic E-state index is 0.112. The Kier molecular flexibility index (Phi) is 6.62. The number of piperidine rings is 2. The van der Waals surface area contributed by atoms with E-state index < -0.39 is 0 Å². The Balaban J connectivity index is 1.44. The van der Waals surface area contributed by atoms with Gasteiger partial charge >= 0.3 is 0 Å². The molecule has 2 aliphatic rings. The highest BCUT2D eigenvalue weighted by atomic mass is 19.1. The molecule has 6 heteroatoms. The summed E-state index contributed by atoms with van der Waals surface area (Å²) in [6.07, 6.45) is 3.70. The molecule has 1 atom stereocenters. The van der Waals surface area contributed by atoms with Gasteiger partial charge < -0.3 is 10.0 Å². The normalized spacial score (nSPS) is 22.8. The number of β-amino-alcohol motifs (C(OH)–C–C–N with tert-alkyl or cyclic N) is 1. The van der Waals surface area contributed by atoms with Crippen LogP contribution in [0.4, 0.5) is 4.39 Å². The molecule has 1 aromatic rings. The number of nitrogens with zero attached hydrogens (tertiary/aromatic N) is 3. The first-order valence-corrected chi connectivity index (χ1v) is 9.65. The molecule has 2 aliphatic heterocycles. The molecule has 0 aliphatic carbocycles. The Morgan fingerprint density at radius 2 is 1.96 bits per heavy atom. The van der Waals surface area contributed by atoms with Crippen LogP contribution >= 0.6 is 0 Å². The fourth-order valence-electron chi connectivity index (χ4n) is 4.10. The van der Waals surface area contributed by atoms with Gasteiger partial charge in [-0.05, 0) is 45.3 Å². The Labute approximate surface area is 155 Å². The van der Waals surface area contributed by atoms with Crippen LogP contribution in [0.2, 0.25) is 0 Å². The molecule has 5 nitrogen and oxygen atoms in total. The van der Waals surface area contributed by atoms with Gasteiger partial charge in [0.2, 0.25) is 5.91 Å². The number of likely N-dealkylation sites (tertiary alicyclic amines) is 2. The minimum Gasteiger partial charge on any atom is -0.392 e. The third kappa shape index (κ3) is 5.02. The van der Waals surface area contributed by atoms with Crippen LogP contribution in [0.25, 0.3) is 0 Å². The number of rotatable bonds is 5. The zero-order valence-electron chi connectivity index (χ0n) is 15.6. The third-order valence-corrected chi connectivity index (χ3v) is 5.56. The molecular weight excluding hydrogens is 333 g/mol. The van der Waals surface area contributed by atoms with Crippen LogP contribution in [0.15, 0.2) is 24.3 Å². The van der Waals surface area contributed by atoms with Crippen molar-refractivity contribution in [3.63, 3.8) is 0 Å². The van der Waals surface area contributed by atoms with Gasteiger partial charge in [0.15, 0.2) is 0 Å². The summed E-state index contributed by atoms with van der Waals surface area (Å²) >= 11 is 0. The van der Waals surface area contributed by atoms with Crippen molar-refractivity contribution in [2.24, 2.45) is 0 Å². The zero-order valence-corrected chi connectivity index (χ0v) is 15.6. The van der Waals surface area contributed by atoms with Crippen molar-refractivity contribution in [1.82, 2.24) is 14.7 Å². The molecule has 0 radical (unpaired) electrons. The topological polar surface area (TPSA) is 47.0 Å². The summed E-state index contributed by atoms with van der Waals surface area (Å²) in [6, 6.07) is 7.18. The van der Waals surface area contributed by atoms with Crippen LogP contribution < -0.4 is 0 Å². The highest BCUT2D eigenvalue weighted by Gasteiger charge is 2.29. The number of aliphatic hydroxyl groups excluding tert-OH is 1. The van der Waals surface area contributed by atoms with E-state index in [1.54, 1.807) is 12.1 Å². The van der Waals surface area contributed by atoms with E-state index in [2.05, 4.69) is 4.90 Å². The number of carbonyl (C=O) groups is 1. The number of carbonyl (C=O) groups excluding carboxylic acids is 1. The second kappa shape index (κ2) is 8.93. The number of aliphatic hydroxyl groups is 1. The maximum absolute atomic E-state index is 13.7. The van der Waals surface area contributed by atoms with E-state index in [0.717, 1.165) is 51.9 Å². The molecule has 0 spiro atoms. The van der Waals surface area contributed by atoms with Crippen LogP contribution in [-0.4, -0.2) is 77.6 Å². The van der Waals surface area contributed by atoms with Gasteiger partial charge in [-0.25, -0.2) is 4.39 Å². The largest absolute Gasteiger partial charge is 0.392 e. The minimum atomic E-state index is -0.226. The first kappa shape index (κ1) is 19.3. The molecule has 144 valence electrons. The lowest BCUT2D eigenvalue weighted by molar-refractivity contribution is -0.134. The van der Waals surface area contributed by atoms with Gasteiger partial charge in [0, 0.05) is 37.8 Å². The summed E-state index contributed by atoms with van der Waals surface area (Å²) in [5.41, 5.74) is 0.616. The first-order valence-electron chi connectivity index (χ1n) is 9.65. The number of halogens is 1. The molecule has 2 saturated heterocycles. The monoisotopic (exact) mass is 363 g/mol. The van der Waals surface area contributed by atoms with Crippen LogP contribution in [0.5, 0.6) is 0 Å². The van der Waals surface area contributed by atoms with Crippen molar-refractivity contribution >= 4 is 5.91 Å². The van der Waals surface area contributed by atoms with Crippen molar-refractivity contribution in [1.29, 1.82) is 0 Å². The standard InChI is InChI=1S/C20H30FN3O2/c1-22(13-16-5-2-3-7-19(16)21)15-20(26)23-11-8-17(9-12-23)24-10-4-6-18(25)14-24/h2-3,5,7,17-18,25H,4,6,8-15H2,1H3/t18-/m0/s1. The van der Waals surface area contributed by atoms with Gasteiger partial charge in [0.1, 0.15) is 5.82 Å². The van der Waals surface area contributed by atoms with Crippen molar-refractivity contribution in [2.45, 2.75) is 44.4 Å². The van der Waals surface area contributed by atoms with Crippen molar-refractivity contribution < 1.29 is 14.3 Å². The zero-order chi connectivity index (χ0) is 18.5. The molecule has 1 amide bonds. The maximum Gasteiger partial charge on any atom is 0.236 e. The number of hydrogen-bond donors (Lipinski definition) is 1. The summed E-state index contributed by atoms with van der Waals surface area (Å²) in [4.78, 5) is 18.7. The molecule has 0 saturated carbocycles. The quantitative estimate of drug-likeness (QED) is 0.865. The van der Waals surface area contributed by atoms with Gasteiger partial charge in [-0.15, -0.1) is 0 Å². The van der Waals surface area contributed by atoms with Gasteiger partial charge in [0.05, 0.1) is 12.6 Å². The average molecular weight is 363 g/mol. The van der Waals surface area contributed by atoms with E-state index in [9.17, 15) is 14.3 Å². The summed E-state index contributed by atoms with van der Waals surface area (Å²) in [7, 11) is 1.85. The second-order valence-electron chi connectivity index (χ2n) is 7.67. The molecule has 0 unspecified atom stereocenters. The van der Waals surface area contributed by atoms with Gasteiger partial charge in [0.25, 0.3) is 0 Å². The lowest BCUT2D eigenvalue weighted by Crippen LogP contribution is -2.51. The SMILES string of the molecule is CN(CC(=O)N1CCC(N2CCC[C@H](O)C2)CC1)Cc1ccccc1F. The van der Waals surface area contributed by atoms with Gasteiger partial charge in [-0.2, -0.15) is 0 Å². The molecule has 0 bridgehead atoms. The van der Waals surface area contributed by atoms with E-state index in [4.69, 9.17) is 0 Å². The van der Waals surface area contributed by atoms with Crippen LogP contribution in [0.3, 0.4) is 0 Å². The van der Waals surface area contributed by atoms with Crippen molar-refractivity contribution in [3.8, 4) is 0 Å². The summed E-state index contributed by atoms with van der Waals surface area (Å²) in [6.45, 7) is 4.10. The molecule has 1 N–H and O–H groups in total. The molecular formula is C20H30FN3O2. The third-order valence-electron chi connectivity index (χ3n) is 5.56. The Hall–Kier alpha value is -1.50. The van der Waals surface area contributed by atoms with E-state index >= 15 is 0 Å². The molecule has 3 rings (SSSR count). The molecule has 26 heavy (non-hydrogen) atoms. The Morgan fingerprint density at radius 3 is 2.65 bits per heavy atom. The number of likely N-dealkylation sites (N-methyl/N-ethyl adjacent to an activating group) is 1.